The number of ether oxygens (including phenoxy) is 1. The summed E-state index contributed by atoms with van der Waals surface area (Å²) < 4.78 is 5.52. The first kappa shape index (κ1) is 16.0. The van der Waals surface area contributed by atoms with E-state index in [0.29, 0.717) is 5.56 Å². The maximum atomic E-state index is 12.4. The van der Waals surface area contributed by atoms with E-state index in [0.717, 1.165) is 58.6 Å². The predicted octanol–water partition coefficient (Wildman–Crippen LogP) is 1.77. The number of carbonyl (C=O) groups is 1. The Labute approximate surface area is 137 Å². The van der Waals surface area contributed by atoms with Crippen molar-refractivity contribution >= 4 is 5.91 Å². The maximum Gasteiger partial charge on any atom is 0.251 e. The molecule has 2 fully saturated rings. The number of benzene rings is 1. The SMILES string of the molecule is N#Cc1ccc(CN2CCCN(C(=O)[C@@H]3CCCO3)CC2)cc1. The average Bonchev–Trinajstić information content (AvgIpc) is 3.02. The van der Waals surface area contributed by atoms with Crippen LogP contribution in [0.25, 0.3) is 0 Å². The van der Waals surface area contributed by atoms with Crippen LogP contribution >= 0.6 is 0 Å². The highest BCUT2D eigenvalue weighted by atomic mass is 16.5. The van der Waals surface area contributed by atoms with E-state index in [4.69, 9.17) is 10.00 Å². The largest absolute Gasteiger partial charge is 0.368 e. The fourth-order valence-electron chi connectivity index (χ4n) is 3.27. The smallest absolute Gasteiger partial charge is 0.251 e. The molecular formula is C18H23N3O2. The topological polar surface area (TPSA) is 56.6 Å². The number of carbonyl (C=O) groups excluding carboxylic acids is 1. The molecule has 5 heteroatoms. The molecular weight excluding hydrogens is 290 g/mol. The molecule has 0 unspecified atom stereocenters. The second-order valence-corrected chi connectivity index (χ2v) is 6.27. The Morgan fingerprint density at radius 3 is 2.70 bits per heavy atom. The van der Waals surface area contributed by atoms with E-state index in [9.17, 15) is 4.79 Å². The van der Waals surface area contributed by atoms with Gasteiger partial charge in [-0.15, -0.1) is 0 Å². The molecule has 1 amide bonds. The van der Waals surface area contributed by atoms with E-state index < -0.39 is 0 Å². The second-order valence-electron chi connectivity index (χ2n) is 6.27. The van der Waals surface area contributed by atoms with Crippen molar-refractivity contribution in [2.24, 2.45) is 0 Å². The first-order valence-electron chi connectivity index (χ1n) is 8.38. The molecule has 23 heavy (non-hydrogen) atoms. The predicted molar refractivity (Wildman–Crippen MR) is 86.6 cm³/mol. The van der Waals surface area contributed by atoms with Gasteiger partial charge in [0.15, 0.2) is 0 Å². The first-order valence-corrected chi connectivity index (χ1v) is 8.38. The van der Waals surface area contributed by atoms with E-state index in [-0.39, 0.29) is 12.0 Å². The summed E-state index contributed by atoms with van der Waals surface area (Å²) in [6.07, 6.45) is 2.65. The van der Waals surface area contributed by atoms with Gasteiger partial charge in [0, 0.05) is 39.3 Å². The van der Waals surface area contributed by atoms with Gasteiger partial charge in [-0.1, -0.05) is 12.1 Å². The van der Waals surface area contributed by atoms with E-state index >= 15 is 0 Å². The van der Waals surface area contributed by atoms with Gasteiger partial charge in [0.05, 0.1) is 11.6 Å². The lowest BCUT2D eigenvalue weighted by molar-refractivity contribution is -0.140. The summed E-state index contributed by atoms with van der Waals surface area (Å²) in [5.74, 6) is 0.169. The summed E-state index contributed by atoms with van der Waals surface area (Å²) >= 11 is 0. The Hall–Kier alpha value is -1.90. The molecule has 5 nitrogen and oxygen atoms in total. The maximum absolute atomic E-state index is 12.4. The molecule has 1 atom stereocenters. The zero-order chi connectivity index (χ0) is 16.1. The lowest BCUT2D eigenvalue weighted by atomic mass is 10.1. The van der Waals surface area contributed by atoms with Crippen LogP contribution in [0, 0.1) is 11.3 Å². The fourth-order valence-corrected chi connectivity index (χ4v) is 3.27. The van der Waals surface area contributed by atoms with Crippen LogP contribution in [0.2, 0.25) is 0 Å². The third-order valence-electron chi connectivity index (χ3n) is 4.59. The van der Waals surface area contributed by atoms with Gasteiger partial charge < -0.3 is 9.64 Å². The highest BCUT2D eigenvalue weighted by Crippen LogP contribution is 2.17. The van der Waals surface area contributed by atoms with Gasteiger partial charge in [-0.05, 0) is 37.0 Å². The van der Waals surface area contributed by atoms with E-state index in [2.05, 4.69) is 11.0 Å². The van der Waals surface area contributed by atoms with Gasteiger partial charge in [-0.3, -0.25) is 9.69 Å². The summed E-state index contributed by atoms with van der Waals surface area (Å²) in [6, 6.07) is 9.89. The third kappa shape index (κ3) is 4.10. The number of hydrogen-bond acceptors (Lipinski definition) is 4. The molecule has 2 aliphatic rings. The summed E-state index contributed by atoms with van der Waals surface area (Å²) in [4.78, 5) is 16.8. The number of hydrogen-bond donors (Lipinski definition) is 0. The van der Waals surface area contributed by atoms with Crippen LogP contribution in [0.3, 0.4) is 0 Å². The molecule has 0 spiro atoms. The molecule has 0 saturated carbocycles. The number of nitrogens with zero attached hydrogens (tertiary/aromatic N) is 3. The molecule has 0 aromatic heterocycles. The van der Waals surface area contributed by atoms with Crippen molar-refractivity contribution in [3.05, 3.63) is 35.4 Å². The van der Waals surface area contributed by atoms with Gasteiger partial charge in [-0.2, -0.15) is 5.26 Å². The Morgan fingerprint density at radius 1 is 1.17 bits per heavy atom. The number of rotatable bonds is 3. The van der Waals surface area contributed by atoms with Crippen molar-refractivity contribution in [3.8, 4) is 6.07 Å². The Morgan fingerprint density at radius 2 is 2.00 bits per heavy atom. The molecule has 0 radical (unpaired) electrons. The summed E-state index contributed by atoms with van der Waals surface area (Å²) in [6.45, 7) is 5.06. The van der Waals surface area contributed by atoms with Crippen LogP contribution in [0.5, 0.6) is 0 Å². The van der Waals surface area contributed by atoms with Crippen LogP contribution < -0.4 is 0 Å². The molecule has 0 aliphatic carbocycles. The molecule has 0 N–H and O–H groups in total. The minimum absolute atomic E-state index is 0.169. The van der Waals surface area contributed by atoms with Gasteiger partial charge in [0.25, 0.3) is 5.91 Å². The van der Waals surface area contributed by atoms with E-state index in [1.807, 2.05) is 29.2 Å². The van der Waals surface area contributed by atoms with Crippen LogP contribution in [0.4, 0.5) is 0 Å². The lowest BCUT2D eigenvalue weighted by Gasteiger charge is -2.24. The molecule has 122 valence electrons. The normalized spacial score (nSPS) is 22.6. The summed E-state index contributed by atoms with van der Waals surface area (Å²) in [5.41, 5.74) is 1.90. The van der Waals surface area contributed by atoms with Crippen molar-refractivity contribution in [3.63, 3.8) is 0 Å². The van der Waals surface area contributed by atoms with Crippen molar-refractivity contribution in [2.45, 2.75) is 31.9 Å². The van der Waals surface area contributed by atoms with Gasteiger partial charge in [0.2, 0.25) is 0 Å². The quantitative estimate of drug-likeness (QED) is 0.853. The van der Waals surface area contributed by atoms with E-state index in [1.54, 1.807) is 0 Å². The van der Waals surface area contributed by atoms with Crippen molar-refractivity contribution in [1.29, 1.82) is 5.26 Å². The molecule has 0 bridgehead atoms. The van der Waals surface area contributed by atoms with Crippen LogP contribution in [0.1, 0.15) is 30.4 Å². The summed E-state index contributed by atoms with van der Waals surface area (Å²) in [7, 11) is 0. The summed E-state index contributed by atoms with van der Waals surface area (Å²) in [5, 5.41) is 8.85. The Balaban J connectivity index is 1.53. The van der Waals surface area contributed by atoms with Crippen LogP contribution in [-0.4, -0.2) is 54.6 Å². The fraction of sp³-hybridized carbons (Fsp3) is 0.556. The standard InChI is InChI=1S/C18H23N3O2/c19-13-15-4-6-16(7-5-15)14-20-8-2-9-21(11-10-20)18(22)17-3-1-12-23-17/h4-7,17H,1-3,8-12,14H2/t17-/m0/s1. The lowest BCUT2D eigenvalue weighted by Crippen LogP contribution is -2.41. The highest BCUT2D eigenvalue weighted by Gasteiger charge is 2.29. The van der Waals surface area contributed by atoms with Crippen LogP contribution in [0.15, 0.2) is 24.3 Å². The van der Waals surface area contributed by atoms with Gasteiger partial charge >= 0.3 is 0 Å². The van der Waals surface area contributed by atoms with Crippen LogP contribution in [-0.2, 0) is 16.1 Å². The molecule has 2 aliphatic heterocycles. The number of nitriles is 1. The molecule has 2 saturated heterocycles. The van der Waals surface area contributed by atoms with Gasteiger partial charge in [-0.25, -0.2) is 0 Å². The Kier molecular flexibility index (Phi) is 5.27. The average molecular weight is 313 g/mol. The van der Waals surface area contributed by atoms with Gasteiger partial charge in [0.1, 0.15) is 6.10 Å². The monoisotopic (exact) mass is 313 g/mol. The second kappa shape index (κ2) is 7.58. The molecule has 1 aromatic carbocycles. The van der Waals surface area contributed by atoms with E-state index in [1.165, 1.54) is 5.56 Å². The third-order valence-corrected chi connectivity index (χ3v) is 4.59. The van der Waals surface area contributed by atoms with Crippen molar-refractivity contribution in [2.75, 3.05) is 32.8 Å². The first-order chi connectivity index (χ1) is 11.3. The zero-order valence-corrected chi connectivity index (χ0v) is 13.4. The van der Waals surface area contributed by atoms with Crippen molar-refractivity contribution < 1.29 is 9.53 Å². The minimum Gasteiger partial charge on any atom is -0.368 e. The zero-order valence-electron chi connectivity index (χ0n) is 13.4. The molecule has 2 heterocycles. The number of amides is 1. The molecule has 3 rings (SSSR count). The Bertz CT molecular complexity index is 573. The highest BCUT2D eigenvalue weighted by molar-refractivity contribution is 5.81. The minimum atomic E-state index is -0.208. The molecule has 1 aromatic rings. The van der Waals surface area contributed by atoms with Crippen molar-refractivity contribution in [1.82, 2.24) is 9.80 Å².